The first-order valence-electron chi connectivity index (χ1n) is 8.67. The summed E-state index contributed by atoms with van der Waals surface area (Å²) in [7, 11) is 0. The van der Waals surface area contributed by atoms with Crippen molar-refractivity contribution >= 4 is 11.6 Å². The lowest BCUT2D eigenvalue weighted by molar-refractivity contribution is 0.0759. The van der Waals surface area contributed by atoms with E-state index in [0.717, 1.165) is 49.4 Å². The van der Waals surface area contributed by atoms with Gasteiger partial charge >= 0.3 is 0 Å². The van der Waals surface area contributed by atoms with Crippen LogP contribution >= 0.6 is 0 Å². The minimum Gasteiger partial charge on any atom is -0.365 e. The molecule has 1 aliphatic rings. The first-order chi connectivity index (χ1) is 11.6. The Morgan fingerprint density at radius 1 is 1.08 bits per heavy atom. The lowest BCUT2D eigenvalue weighted by Crippen LogP contribution is -2.35. The van der Waals surface area contributed by atoms with Crippen LogP contribution in [0.2, 0.25) is 0 Å². The van der Waals surface area contributed by atoms with Crippen LogP contribution in [0.1, 0.15) is 36.2 Å². The molecule has 1 aromatic heterocycles. The van der Waals surface area contributed by atoms with E-state index < -0.39 is 0 Å². The molecule has 1 amide bonds. The van der Waals surface area contributed by atoms with Crippen LogP contribution < -0.4 is 4.90 Å². The number of carbonyl (C=O) groups is 1. The van der Waals surface area contributed by atoms with E-state index in [9.17, 15) is 4.79 Å². The number of nitrogens with zero attached hydrogens (tertiary/aromatic N) is 3. The van der Waals surface area contributed by atoms with Crippen molar-refractivity contribution in [3.63, 3.8) is 0 Å². The van der Waals surface area contributed by atoms with E-state index in [1.165, 1.54) is 0 Å². The summed E-state index contributed by atoms with van der Waals surface area (Å²) in [6.07, 6.45) is 4.72. The van der Waals surface area contributed by atoms with Crippen molar-refractivity contribution in [2.45, 2.75) is 26.8 Å². The molecule has 3 rings (SSSR count). The Bertz CT molecular complexity index is 684. The van der Waals surface area contributed by atoms with Crippen molar-refractivity contribution in [2.24, 2.45) is 5.92 Å². The number of hydrogen-bond acceptors (Lipinski definition) is 3. The zero-order chi connectivity index (χ0) is 16.9. The van der Waals surface area contributed by atoms with Crippen molar-refractivity contribution < 1.29 is 4.79 Å². The zero-order valence-corrected chi connectivity index (χ0v) is 14.5. The predicted octanol–water partition coefficient (Wildman–Crippen LogP) is 3.59. The summed E-state index contributed by atoms with van der Waals surface area (Å²) in [4.78, 5) is 21.4. The Morgan fingerprint density at radius 3 is 2.62 bits per heavy atom. The second-order valence-electron chi connectivity index (χ2n) is 6.77. The molecule has 0 fully saturated rings. The summed E-state index contributed by atoms with van der Waals surface area (Å²) in [5.41, 5.74) is 3.00. The number of pyridine rings is 1. The monoisotopic (exact) mass is 323 g/mol. The zero-order valence-electron chi connectivity index (χ0n) is 14.5. The number of carbonyl (C=O) groups excluding carboxylic acids is 1. The van der Waals surface area contributed by atoms with Gasteiger partial charge < -0.3 is 9.80 Å². The number of fused-ring (bicyclic) bond motifs is 1. The van der Waals surface area contributed by atoms with Gasteiger partial charge in [0.1, 0.15) is 0 Å². The van der Waals surface area contributed by atoms with Crippen LogP contribution in [0.3, 0.4) is 0 Å². The maximum absolute atomic E-state index is 12.9. The lowest BCUT2D eigenvalue weighted by Gasteiger charge is -2.25. The molecule has 0 radical (unpaired) electrons. The van der Waals surface area contributed by atoms with Gasteiger partial charge in [-0.15, -0.1) is 0 Å². The molecule has 1 aliphatic heterocycles. The smallest absolute Gasteiger partial charge is 0.256 e. The van der Waals surface area contributed by atoms with E-state index in [-0.39, 0.29) is 5.91 Å². The Kier molecular flexibility index (Phi) is 5.14. The standard InChI is InChI=1S/C20H25N3O/c1-16(2)9-11-22-12-13-23(15-17-6-5-10-21-14-17)19-8-4-3-7-18(19)20(22)24/h3-8,10,14,16H,9,11-13,15H2,1-2H3. The maximum atomic E-state index is 12.9. The number of hydrogen-bond donors (Lipinski definition) is 0. The molecule has 0 bridgehead atoms. The first-order valence-corrected chi connectivity index (χ1v) is 8.67. The largest absolute Gasteiger partial charge is 0.365 e. The van der Waals surface area contributed by atoms with Gasteiger partial charge in [-0.1, -0.05) is 32.0 Å². The van der Waals surface area contributed by atoms with Crippen LogP contribution in [-0.2, 0) is 6.54 Å². The van der Waals surface area contributed by atoms with Gasteiger partial charge in [0.25, 0.3) is 5.91 Å². The van der Waals surface area contributed by atoms with Gasteiger partial charge in [-0.3, -0.25) is 9.78 Å². The molecule has 0 unspecified atom stereocenters. The average Bonchev–Trinajstić information content (AvgIpc) is 2.72. The second kappa shape index (κ2) is 7.47. The minimum atomic E-state index is 0.153. The number of para-hydroxylation sites is 1. The molecule has 1 aromatic carbocycles. The molecule has 2 aromatic rings. The van der Waals surface area contributed by atoms with Crippen LogP contribution in [-0.4, -0.2) is 35.4 Å². The molecule has 4 nitrogen and oxygen atoms in total. The second-order valence-corrected chi connectivity index (χ2v) is 6.77. The number of rotatable bonds is 5. The van der Waals surface area contributed by atoms with Gasteiger partial charge in [0.2, 0.25) is 0 Å². The number of benzene rings is 1. The number of anilines is 1. The van der Waals surface area contributed by atoms with E-state index in [2.05, 4.69) is 35.9 Å². The molecule has 4 heteroatoms. The predicted molar refractivity (Wildman–Crippen MR) is 97.1 cm³/mol. The Hall–Kier alpha value is -2.36. The molecular weight excluding hydrogens is 298 g/mol. The summed E-state index contributed by atoms with van der Waals surface area (Å²) in [6, 6.07) is 12.0. The Labute approximate surface area is 144 Å². The number of aromatic nitrogens is 1. The minimum absolute atomic E-state index is 0.153. The van der Waals surface area contributed by atoms with Crippen molar-refractivity contribution in [3.8, 4) is 0 Å². The highest BCUT2D eigenvalue weighted by atomic mass is 16.2. The third kappa shape index (κ3) is 3.75. The summed E-state index contributed by atoms with van der Waals surface area (Å²) in [5, 5.41) is 0. The van der Waals surface area contributed by atoms with Crippen LogP contribution in [0.4, 0.5) is 5.69 Å². The van der Waals surface area contributed by atoms with Crippen molar-refractivity contribution in [1.29, 1.82) is 0 Å². The molecule has 0 spiro atoms. The van der Waals surface area contributed by atoms with E-state index in [0.29, 0.717) is 5.92 Å². The highest BCUT2D eigenvalue weighted by Gasteiger charge is 2.25. The van der Waals surface area contributed by atoms with Crippen LogP contribution in [0.5, 0.6) is 0 Å². The quantitative estimate of drug-likeness (QED) is 0.844. The Balaban J connectivity index is 1.85. The molecule has 0 saturated heterocycles. The normalized spacial score (nSPS) is 14.7. The van der Waals surface area contributed by atoms with Crippen molar-refractivity contribution in [1.82, 2.24) is 9.88 Å². The van der Waals surface area contributed by atoms with E-state index in [1.54, 1.807) is 6.20 Å². The van der Waals surface area contributed by atoms with Gasteiger partial charge in [-0.25, -0.2) is 0 Å². The molecular formula is C20H25N3O. The molecule has 24 heavy (non-hydrogen) atoms. The molecule has 126 valence electrons. The van der Waals surface area contributed by atoms with Gasteiger partial charge in [0, 0.05) is 44.3 Å². The fraction of sp³-hybridized carbons (Fsp3) is 0.400. The fourth-order valence-electron chi connectivity index (χ4n) is 3.07. The highest BCUT2D eigenvalue weighted by Crippen LogP contribution is 2.26. The summed E-state index contributed by atoms with van der Waals surface area (Å²) in [5.74, 6) is 0.753. The molecule has 2 heterocycles. The van der Waals surface area contributed by atoms with Crippen LogP contribution in [0.25, 0.3) is 0 Å². The van der Waals surface area contributed by atoms with Crippen molar-refractivity contribution in [3.05, 3.63) is 59.9 Å². The number of amides is 1. The third-order valence-corrected chi connectivity index (χ3v) is 4.47. The SMILES string of the molecule is CC(C)CCN1CCN(Cc2cccnc2)c2ccccc2C1=O. The van der Waals surface area contributed by atoms with E-state index in [4.69, 9.17) is 0 Å². The van der Waals surface area contributed by atoms with E-state index in [1.807, 2.05) is 35.4 Å². The molecule has 0 aliphatic carbocycles. The lowest BCUT2D eigenvalue weighted by atomic mass is 10.1. The third-order valence-electron chi connectivity index (χ3n) is 4.47. The van der Waals surface area contributed by atoms with E-state index >= 15 is 0 Å². The highest BCUT2D eigenvalue weighted by molar-refractivity contribution is 6.00. The van der Waals surface area contributed by atoms with Gasteiger partial charge in [0.05, 0.1) is 5.56 Å². The molecule has 0 saturated carbocycles. The van der Waals surface area contributed by atoms with Gasteiger partial charge in [-0.2, -0.15) is 0 Å². The first kappa shape index (κ1) is 16.5. The van der Waals surface area contributed by atoms with Crippen LogP contribution in [0.15, 0.2) is 48.8 Å². The van der Waals surface area contributed by atoms with Gasteiger partial charge in [-0.05, 0) is 36.1 Å². The fourth-order valence-corrected chi connectivity index (χ4v) is 3.07. The Morgan fingerprint density at radius 2 is 1.88 bits per heavy atom. The molecule has 0 N–H and O–H groups in total. The summed E-state index contributed by atoms with van der Waals surface area (Å²) in [6.45, 7) is 7.61. The van der Waals surface area contributed by atoms with Crippen LogP contribution in [0, 0.1) is 5.92 Å². The summed E-state index contributed by atoms with van der Waals surface area (Å²) >= 11 is 0. The molecule has 0 atom stereocenters. The van der Waals surface area contributed by atoms with Crippen molar-refractivity contribution in [2.75, 3.05) is 24.5 Å². The summed E-state index contributed by atoms with van der Waals surface area (Å²) < 4.78 is 0. The average molecular weight is 323 g/mol. The maximum Gasteiger partial charge on any atom is 0.256 e. The van der Waals surface area contributed by atoms with Gasteiger partial charge in [0.15, 0.2) is 0 Å². The topological polar surface area (TPSA) is 36.4 Å².